The Morgan fingerprint density at radius 1 is 1.10 bits per heavy atom. The number of anilines is 2. The molecule has 166 valence electrons. The first-order chi connectivity index (χ1) is 14.9. The van der Waals surface area contributed by atoms with Gasteiger partial charge in [-0.3, -0.25) is 4.99 Å². The van der Waals surface area contributed by atoms with Gasteiger partial charge in [0, 0.05) is 13.1 Å². The van der Waals surface area contributed by atoms with Crippen molar-refractivity contribution in [1.29, 1.82) is 0 Å². The van der Waals surface area contributed by atoms with E-state index < -0.39 is 0 Å². The van der Waals surface area contributed by atoms with Crippen molar-refractivity contribution in [3.8, 4) is 0 Å². The first kappa shape index (κ1) is 22.4. The van der Waals surface area contributed by atoms with E-state index in [1.54, 1.807) is 0 Å². The molecule has 2 aromatic carbocycles. The standard InChI is InChI=1S/C24H31Cl2N5/c1-17-5-4-6-18(13-17)16-28-23-24(7-9-27-10-8-24)29-21-14-19(25)20(26)15-22(21)31(23)12-11-30(2)3/h4-6,13-15,27,29H,7-12,16H2,1-3H3. The molecular weight excluding hydrogens is 429 g/mol. The maximum Gasteiger partial charge on any atom is 0.130 e. The monoisotopic (exact) mass is 459 g/mol. The zero-order valence-corrected chi connectivity index (χ0v) is 20.0. The van der Waals surface area contributed by atoms with Gasteiger partial charge in [0.05, 0.1) is 33.5 Å². The van der Waals surface area contributed by atoms with E-state index in [4.69, 9.17) is 28.2 Å². The summed E-state index contributed by atoms with van der Waals surface area (Å²) in [4.78, 5) is 9.80. The van der Waals surface area contributed by atoms with Crippen LogP contribution >= 0.6 is 23.2 Å². The second-order valence-corrected chi connectivity index (χ2v) is 9.64. The van der Waals surface area contributed by atoms with Crippen LogP contribution in [-0.2, 0) is 6.54 Å². The van der Waals surface area contributed by atoms with Crippen LogP contribution in [0.1, 0.15) is 24.0 Å². The molecule has 0 radical (unpaired) electrons. The summed E-state index contributed by atoms with van der Waals surface area (Å²) in [6, 6.07) is 12.5. The predicted octanol–water partition coefficient (Wildman–Crippen LogP) is 4.82. The number of aliphatic imine (C=N–C) groups is 1. The number of aryl methyl sites for hydroxylation is 1. The molecule has 0 aliphatic carbocycles. The normalized spacial score (nSPS) is 19.0. The minimum atomic E-state index is -0.217. The number of benzene rings is 2. The van der Waals surface area contributed by atoms with Crippen LogP contribution in [0.15, 0.2) is 41.4 Å². The highest BCUT2D eigenvalue weighted by molar-refractivity contribution is 6.42. The average molecular weight is 460 g/mol. The molecule has 7 heteroatoms. The lowest BCUT2D eigenvalue weighted by molar-refractivity contribution is 0.401. The fourth-order valence-electron chi connectivity index (χ4n) is 4.49. The summed E-state index contributed by atoms with van der Waals surface area (Å²) in [7, 11) is 4.20. The molecule has 4 rings (SSSR count). The molecular formula is C24H31Cl2N5. The van der Waals surface area contributed by atoms with Crippen LogP contribution in [0, 0.1) is 6.92 Å². The zero-order valence-electron chi connectivity index (χ0n) is 18.5. The zero-order chi connectivity index (χ0) is 22.0. The summed E-state index contributed by atoms with van der Waals surface area (Å²) in [6.45, 7) is 6.43. The second-order valence-electron chi connectivity index (χ2n) is 8.82. The lowest BCUT2D eigenvalue weighted by atomic mass is 9.83. The highest BCUT2D eigenvalue weighted by Crippen LogP contribution is 2.43. The molecule has 0 saturated carbocycles. The van der Waals surface area contributed by atoms with Gasteiger partial charge >= 0.3 is 0 Å². The van der Waals surface area contributed by atoms with E-state index in [-0.39, 0.29) is 5.54 Å². The van der Waals surface area contributed by atoms with Gasteiger partial charge in [0.1, 0.15) is 5.84 Å². The summed E-state index contributed by atoms with van der Waals surface area (Å²) >= 11 is 12.8. The number of piperidine rings is 1. The fraction of sp³-hybridized carbons (Fsp3) is 0.458. The average Bonchev–Trinajstić information content (AvgIpc) is 2.73. The first-order valence-electron chi connectivity index (χ1n) is 10.9. The number of rotatable bonds is 5. The summed E-state index contributed by atoms with van der Waals surface area (Å²) in [5, 5.41) is 8.47. The van der Waals surface area contributed by atoms with Gasteiger partial charge in [-0.1, -0.05) is 53.0 Å². The molecule has 0 aromatic heterocycles. The van der Waals surface area contributed by atoms with Crippen molar-refractivity contribution in [3.63, 3.8) is 0 Å². The molecule has 0 bridgehead atoms. The van der Waals surface area contributed by atoms with E-state index in [1.807, 2.05) is 12.1 Å². The molecule has 0 unspecified atom stereocenters. The van der Waals surface area contributed by atoms with Crippen LogP contribution in [0.25, 0.3) is 0 Å². The highest BCUT2D eigenvalue weighted by atomic mass is 35.5. The third-order valence-electron chi connectivity index (χ3n) is 6.11. The van der Waals surface area contributed by atoms with E-state index in [0.29, 0.717) is 16.6 Å². The first-order valence-corrected chi connectivity index (χ1v) is 11.6. The SMILES string of the molecule is Cc1cccc(CN=C2N(CCN(C)C)c3cc(Cl)c(Cl)cc3NC23CCNCC3)c1. The topological polar surface area (TPSA) is 42.9 Å². The van der Waals surface area contributed by atoms with Crippen molar-refractivity contribution in [1.82, 2.24) is 10.2 Å². The molecule has 0 atom stereocenters. The van der Waals surface area contributed by atoms with E-state index in [1.165, 1.54) is 11.1 Å². The summed E-state index contributed by atoms with van der Waals surface area (Å²) in [5.41, 5.74) is 4.34. The number of nitrogens with one attached hydrogen (secondary N) is 2. The van der Waals surface area contributed by atoms with Crippen molar-refractivity contribution in [2.75, 3.05) is 50.5 Å². The van der Waals surface area contributed by atoms with Gasteiger partial charge in [-0.2, -0.15) is 0 Å². The minimum absolute atomic E-state index is 0.217. The van der Waals surface area contributed by atoms with Gasteiger partial charge in [-0.15, -0.1) is 0 Å². The quantitative estimate of drug-likeness (QED) is 0.672. The summed E-state index contributed by atoms with van der Waals surface area (Å²) < 4.78 is 0. The van der Waals surface area contributed by atoms with Gasteiger partial charge in [-0.25, -0.2) is 0 Å². The molecule has 2 aliphatic heterocycles. The lowest BCUT2D eigenvalue weighted by Crippen LogP contribution is -2.62. The molecule has 1 saturated heterocycles. The lowest BCUT2D eigenvalue weighted by Gasteiger charge is -2.49. The Hall–Kier alpha value is -1.79. The Balaban J connectivity index is 1.80. The van der Waals surface area contributed by atoms with Crippen LogP contribution in [0.2, 0.25) is 10.0 Å². The van der Waals surface area contributed by atoms with E-state index in [2.05, 4.69) is 65.7 Å². The number of amidine groups is 1. The molecule has 2 heterocycles. The van der Waals surface area contributed by atoms with E-state index in [9.17, 15) is 0 Å². The second kappa shape index (κ2) is 9.37. The van der Waals surface area contributed by atoms with Gasteiger partial charge in [0.2, 0.25) is 0 Å². The van der Waals surface area contributed by atoms with Crippen molar-refractivity contribution >= 4 is 40.4 Å². The molecule has 5 nitrogen and oxygen atoms in total. The third-order valence-corrected chi connectivity index (χ3v) is 6.83. The Morgan fingerprint density at radius 3 is 2.55 bits per heavy atom. The maximum absolute atomic E-state index is 6.44. The van der Waals surface area contributed by atoms with E-state index in [0.717, 1.165) is 56.2 Å². The van der Waals surface area contributed by atoms with Crippen LogP contribution < -0.4 is 15.5 Å². The van der Waals surface area contributed by atoms with Crippen molar-refractivity contribution in [2.45, 2.75) is 31.8 Å². The third kappa shape index (κ3) is 4.85. The molecule has 2 aliphatic rings. The van der Waals surface area contributed by atoms with Crippen molar-refractivity contribution < 1.29 is 0 Å². The molecule has 0 amide bonds. The van der Waals surface area contributed by atoms with Crippen LogP contribution in [0.4, 0.5) is 11.4 Å². The Bertz CT molecular complexity index is 966. The molecule has 1 spiro atoms. The van der Waals surface area contributed by atoms with Crippen LogP contribution in [0.5, 0.6) is 0 Å². The minimum Gasteiger partial charge on any atom is -0.371 e. The predicted molar refractivity (Wildman–Crippen MR) is 133 cm³/mol. The maximum atomic E-state index is 6.44. The number of nitrogens with zero attached hydrogens (tertiary/aromatic N) is 3. The molecule has 2 N–H and O–H groups in total. The summed E-state index contributed by atoms with van der Waals surface area (Å²) in [5.74, 6) is 1.10. The number of halogens is 2. The number of fused-ring (bicyclic) bond motifs is 1. The number of hydrogen-bond donors (Lipinski definition) is 2. The van der Waals surface area contributed by atoms with Crippen molar-refractivity contribution in [2.24, 2.45) is 4.99 Å². The van der Waals surface area contributed by atoms with Gasteiger partial charge < -0.3 is 20.4 Å². The summed E-state index contributed by atoms with van der Waals surface area (Å²) in [6.07, 6.45) is 1.94. The van der Waals surface area contributed by atoms with Crippen LogP contribution in [-0.4, -0.2) is 56.5 Å². The number of likely N-dealkylation sites (N-methyl/N-ethyl adjacent to an activating group) is 1. The Kier molecular flexibility index (Phi) is 6.77. The number of hydrogen-bond acceptors (Lipinski definition) is 4. The Morgan fingerprint density at radius 2 is 1.84 bits per heavy atom. The highest BCUT2D eigenvalue weighted by Gasteiger charge is 2.44. The van der Waals surface area contributed by atoms with E-state index >= 15 is 0 Å². The Labute approximate surface area is 195 Å². The van der Waals surface area contributed by atoms with Gasteiger partial charge in [0.25, 0.3) is 0 Å². The molecule has 31 heavy (non-hydrogen) atoms. The van der Waals surface area contributed by atoms with Crippen molar-refractivity contribution in [3.05, 3.63) is 57.6 Å². The fourth-order valence-corrected chi connectivity index (χ4v) is 4.81. The largest absolute Gasteiger partial charge is 0.371 e. The smallest absolute Gasteiger partial charge is 0.130 e. The molecule has 2 aromatic rings. The van der Waals surface area contributed by atoms with Gasteiger partial charge in [0.15, 0.2) is 0 Å². The van der Waals surface area contributed by atoms with Gasteiger partial charge in [-0.05, 0) is 64.6 Å². The van der Waals surface area contributed by atoms with Crippen LogP contribution in [0.3, 0.4) is 0 Å². The molecule has 1 fully saturated rings.